The molecule has 7 heteroatoms. The summed E-state index contributed by atoms with van der Waals surface area (Å²) < 4.78 is 13.2. The molecule has 2 aliphatic rings. The minimum atomic E-state index is -0.415. The maximum atomic E-state index is 13.2. The highest BCUT2D eigenvalue weighted by Gasteiger charge is 2.54. The minimum Gasteiger partial charge on any atom is -0.394 e. The summed E-state index contributed by atoms with van der Waals surface area (Å²) in [5.74, 6) is -0.965. The molecule has 0 aliphatic carbocycles. The van der Waals surface area contributed by atoms with E-state index in [9.17, 15) is 19.1 Å². The van der Waals surface area contributed by atoms with Crippen molar-refractivity contribution >= 4 is 11.8 Å². The molecule has 0 unspecified atom stereocenters. The number of fused-ring (bicyclic) bond motifs is 1. The number of carbonyl (C=O) groups excluding carboxylic acids is 2. The normalized spacial score (nSPS) is 22.3. The van der Waals surface area contributed by atoms with Gasteiger partial charge in [-0.3, -0.25) is 14.6 Å². The van der Waals surface area contributed by atoms with E-state index in [-0.39, 0.29) is 43.0 Å². The molecule has 1 aromatic heterocycles. The standard InChI is InChI=1S/C25H22FN3O3/c26-20-9-7-18(8-10-20)25(32)28-13-21-24(22(15-30)29(21)23(31)14-28)17-5-3-16(4-6-17)19-2-1-11-27-12-19/h1-12,21-22,24,30H,13-15H2/t21-,22-,24+/m0/s1. The summed E-state index contributed by atoms with van der Waals surface area (Å²) >= 11 is 0. The Balaban J connectivity index is 1.38. The van der Waals surface area contributed by atoms with Crippen molar-refractivity contribution in [2.24, 2.45) is 0 Å². The fourth-order valence-electron chi connectivity index (χ4n) is 4.86. The van der Waals surface area contributed by atoms with Gasteiger partial charge in [-0.25, -0.2) is 4.39 Å². The van der Waals surface area contributed by atoms with Crippen molar-refractivity contribution < 1.29 is 19.1 Å². The van der Waals surface area contributed by atoms with Crippen LogP contribution in [-0.4, -0.2) is 63.5 Å². The highest BCUT2D eigenvalue weighted by atomic mass is 19.1. The highest BCUT2D eigenvalue weighted by Crippen LogP contribution is 2.43. The van der Waals surface area contributed by atoms with Crippen LogP contribution in [0.5, 0.6) is 0 Å². The van der Waals surface area contributed by atoms with Crippen molar-refractivity contribution in [3.8, 4) is 11.1 Å². The van der Waals surface area contributed by atoms with Gasteiger partial charge in [-0.1, -0.05) is 30.3 Å². The number of halogens is 1. The molecule has 5 rings (SSSR count). The number of carbonyl (C=O) groups is 2. The van der Waals surface area contributed by atoms with Crippen LogP contribution >= 0.6 is 0 Å². The van der Waals surface area contributed by atoms with Crippen molar-refractivity contribution in [1.82, 2.24) is 14.8 Å². The van der Waals surface area contributed by atoms with Crippen LogP contribution in [0.3, 0.4) is 0 Å². The van der Waals surface area contributed by atoms with E-state index in [0.717, 1.165) is 16.7 Å². The van der Waals surface area contributed by atoms with Crippen LogP contribution < -0.4 is 0 Å². The Hall–Kier alpha value is -3.58. The quantitative estimate of drug-likeness (QED) is 0.690. The molecule has 3 aromatic rings. The van der Waals surface area contributed by atoms with Gasteiger partial charge in [0.15, 0.2) is 0 Å². The molecule has 0 radical (unpaired) electrons. The topological polar surface area (TPSA) is 73.7 Å². The number of benzene rings is 2. The average molecular weight is 431 g/mol. The Kier molecular flexibility index (Phi) is 5.19. The lowest BCUT2D eigenvalue weighted by Gasteiger charge is -2.58. The molecule has 0 spiro atoms. The minimum absolute atomic E-state index is 0.0458. The first-order valence-electron chi connectivity index (χ1n) is 10.5. The van der Waals surface area contributed by atoms with E-state index in [1.165, 1.54) is 29.2 Å². The Morgan fingerprint density at radius 1 is 1.06 bits per heavy atom. The van der Waals surface area contributed by atoms with Crippen LogP contribution in [-0.2, 0) is 4.79 Å². The van der Waals surface area contributed by atoms with E-state index in [1.807, 2.05) is 36.4 Å². The molecule has 0 bridgehead atoms. The second-order valence-electron chi connectivity index (χ2n) is 8.20. The second kappa shape index (κ2) is 8.16. The van der Waals surface area contributed by atoms with E-state index in [1.54, 1.807) is 17.3 Å². The lowest BCUT2D eigenvalue weighted by molar-refractivity contribution is -0.159. The molecule has 0 saturated carbocycles. The first kappa shape index (κ1) is 20.3. The molecule has 2 saturated heterocycles. The largest absolute Gasteiger partial charge is 0.394 e. The molecule has 162 valence electrons. The molecule has 2 fully saturated rings. The SMILES string of the molecule is O=C(c1ccc(F)cc1)N1CC(=O)N2[C@@H](CO)[C@H](c3ccc(-c4cccnc4)cc3)[C@@H]2C1. The van der Waals surface area contributed by atoms with Crippen LogP contribution in [0.25, 0.3) is 11.1 Å². The first-order chi connectivity index (χ1) is 15.6. The summed E-state index contributed by atoms with van der Waals surface area (Å²) in [4.78, 5) is 33.1. The van der Waals surface area contributed by atoms with Gasteiger partial charge in [-0.2, -0.15) is 0 Å². The molecule has 32 heavy (non-hydrogen) atoms. The number of hydrogen-bond acceptors (Lipinski definition) is 4. The Labute approximate surface area is 184 Å². The van der Waals surface area contributed by atoms with E-state index in [0.29, 0.717) is 12.1 Å². The Morgan fingerprint density at radius 2 is 1.81 bits per heavy atom. The summed E-state index contributed by atoms with van der Waals surface area (Å²) in [5.41, 5.74) is 3.41. The summed E-state index contributed by atoms with van der Waals surface area (Å²) in [6.45, 7) is 0.187. The molecule has 1 N–H and O–H groups in total. The number of amides is 2. The summed E-state index contributed by atoms with van der Waals surface area (Å²) in [6, 6.07) is 16.7. The van der Waals surface area contributed by atoms with Gasteiger partial charge in [0, 0.05) is 30.4 Å². The van der Waals surface area contributed by atoms with Gasteiger partial charge < -0.3 is 14.9 Å². The number of aliphatic hydroxyl groups excluding tert-OH is 1. The fourth-order valence-corrected chi connectivity index (χ4v) is 4.86. The predicted molar refractivity (Wildman–Crippen MR) is 116 cm³/mol. The molecule has 6 nitrogen and oxygen atoms in total. The lowest BCUT2D eigenvalue weighted by Crippen LogP contribution is -2.73. The molecule has 3 heterocycles. The maximum absolute atomic E-state index is 13.2. The van der Waals surface area contributed by atoms with Crippen molar-refractivity contribution in [1.29, 1.82) is 0 Å². The number of rotatable bonds is 4. The summed E-state index contributed by atoms with van der Waals surface area (Å²) in [6.07, 6.45) is 3.53. The van der Waals surface area contributed by atoms with Gasteiger partial charge in [0.05, 0.1) is 18.7 Å². The number of pyridine rings is 1. The fraction of sp³-hybridized carbons (Fsp3) is 0.240. The third-order valence-corrected chi connectivity index (χ3v) is 6.42. The van der Waals surface area contributed by atoms with Crippen LogP contribution in [0.15, 0.2) is 73.1 Å². The molecule has 2 aliphatic heterocycles. The molecule has 2 aromatic carbocycles. The van der Waals surface area contributed by atoms with E-state index in [2.05, 4.69) is 4.98 Å². The molecule has 2 amide bonds. The Morgan fingerprint density at radius 3 is 2.47 bits per heavy atom. The second-order valence-corrected chi connectivity index (χ2v) is 8.20. The van der Waals surface area contributed by atoms with Gasteiger partial charge in [0.1, 0.15) is 12.4 Å². The van der Waals surface area contributed by atoms with Crippen molar-refractivity contribution in [2.75, 3.05) is 19.7 Å². The molecular formula is C25H22FN3O3. The monoisotopic (exact) mass is 431 g/mol. The number of nitrogens with zero attached hydrogens (tertiary/aromatic N) is 3. The van der Waals surface area contributed by atoms with Crippen molar-refractivity contribution in [2.45, 2.75) is 18.0 Å². The van der Waals surface area contributed by atoms with Gasteiger partial charge in [0.25, 0.3) is 5.91 Å². The average Bonchev–Trinajstić information content (AvgIpc) is 2.81. The van der Waals surface area contributed by atoms with E-state index in [4.69, 9.17) is 0 Å². The van der Waals surface area contributed by atoms with Gasteiger partial charge in [-0.05, 0) is 47.0 Å². The summed E-state index contributed by atoms with van der Waals surface area (Å²) in [5, 5.41) is 9.97. The first-order valence-corrected chi connectivity index (χ1v) is 10.5. The lowest BCUT2D eigenvalue weighted by atomic mass is 9.73. The van der Waals surface area contributed by atoms with Crippen molar-refractivity contribution in [3.63, 3.8) is 0 Å². The molecule has 3 atom stereocenters. The zero-order valence-electron chi connectivity index (χ0n) is 17.3. The van der Waals surface area contributed by atoms with Crippen molar-refractivity contribution in [3.05, 3.63) is 90.0 Å². The smallest absolute Gasteiger partial charge is 0.254 e. The Bertz CT molecular complexity index is 1140. The van der Waals surface area contributed by atoms with Crippen LogP contribution in [0, 0.1) is 5.82 Å². The number of hydrogen-bond donors (Lipinski definition) is 1. The maximum Gasteiger partial charge on any atom is 0.254 e. The zero-order valence-corrected chi connectivity index (χ0v) is 17.3. The van der Waals surface area contributed by atoms with E-state index < -0.39 is 5.82 Å². The van der Waals surface area contributed by atoms with Gasteiger partial charge in [-0.15, -0.1) is 0 Å². The third kappa shape index (κ3) is 3.44. The number of piperazine rings is 1. The van der Waals surface area contributed by atoms with Crippen LogP contribution in [0.4, 0.5) is 4.39 Å². The summed E-state index contributed by atoms with van der Waals surface area (Å²) in [7, 11) is 0. The zero-order chi connectivity index (χ0) is 22.2. The van der Waals surface area contributed by atoms with Crippen LogP contribution in [0.1, 0.15) is 21.8 Å². The number of aromatic nitrogens is 1. The van der Waals surface area contributed by atoms with E-state index >= 15 is 0 Å². The van der Waals surface area contributed by atoms with Crippen LogP contribution in [0.2, 0.25) is 0 Å². The highest BCUT2D eigenvalue weighted by molar-refractivity contribution is 5.97. The number of aliphatic hydroxyl groups is 1. The third-order valence-electron chi connectivity index (χ3n) is 6.42. The molecular weight excluding hydrogens is 409 g/mol. The predicted octanol–water partition coefficient (Wildman–Crippen LogP) is 2.70. The van der Waals surface area contributed by atoms with Gasteiger partial charge >= 0.3 is 0 Å². The van der Waals surface area contributed by atoms with Gasteiger partial charge in [0.2, 0.25) is 5.91 Å².